The van der Waals surface area contributed by atoms with Crippen LogP contribution in [0.1, 0.15) is 0 Å². The fourth-order valence-corrected chi connectivity index (χ4v) is 8.02. The van der Waals surface area contributed by atoms with Gasteiger partial charge in [0, 0.05) is 34.6 Å². The second-order valence-corrected chi connectivity index (χ2v) is 14.0. The first kappa shape index (κ1) is 32.5. The van der Waals surface area contributed by atoms with Crippen LogP contribution in [-0.2, 0) is 0 Å². The molecule has 11 rings (SSSR count). The highest BCUT2D eigenvalue weighted by Crippen LogP contribution is 2.39. The van der Waals surface area contributed by atoms with Crippen LogP contribution in [0.5, 0.6) is 0 Å². The van der Waals surface area contributed by atoms with E-state index < -0.39 is 0 Å². The fourth-order valence-electron chi connectivity index (χ4n) is 8.02. The maximum absolute atomic E-state index is 5.23. The van der Waals surface area contributed by atoms with Gasteiger partial charge in [-0.05, 0) is 78.4 Å². The second-order valence-electron chi connectivity index (χ2n) is 14.0. The monoisotopic (exact) mass is 731 g/mol. The van der Waals surface area contributed by atoms with Gasteiger partial charge in [-0.2, -0.15) is 0 Å². The van der Waals surface area contributed by atoms with E-state index in [9.17, 15) is 0 Å². The third-order valence-electron chi connectivity index (χ3n) is 10.6. The highest BCUT2D eigenvalue weighted by molar-refractivity contribution is 5.90. The lowest BCUT2D eigenvalue weighted by molar-refractivity contribution is 1.06. The van der Waals surface area contributed by atoms with Crippen molar-refractivity contribution in [2.24, 2.45) is 0 Å². The number of pyridine rings is 1. The number of imidazole rings is 3. The third-order valence-corrected chi connectivity index (χ3v) is 10.6. The number of fused-ring (bicyclic) bond motifs is 3. The normalized spacial score (nSPS) is 11.5. The molecule has 4 heterocycles. The number of para-hydroxylation sites is 7. The Kier molecular flexibility index (Phi) is 7.67. The van der Waals surface area contributed by atoms with Gasteiger partial charge in [-0.15, -0.1) is 0 Å². The maximum atomic E-state index is 5.23. The van der Waals surface area contributed by atoms with Crippen molar-refractivity contribution >= 4 is 33.1 Å². The Hall–Kier alpha value is -7.90. The number of hydrogen-bond donors (Lipinski definition) is 0. The van der Waals surface area contributed by atoms with Crippen LogP contribution in [0, 0.1) is 0 Å². The zero-order valence-electron chi connectivity index (χ0n) is 30.7. The quantitative estimate of drug-likeness (QED) is 0.164. The molecule has 0 unspecified atom stereocenters. The first-order chi connectivity index (χ1) is 28.3. The highest BCUT2D eigenvalue weighted by Gasteiger charge is 2.22. The molecule has 0 bridgehead atoms. The Morgan fingerprint density at radius 1 is 0.316 bits per heavy atom. The molecule has 0 fully saturated rings. The molecule has 0 radical (unpaired) electrons. The molecule has 0 amide bonds. The molecule has 0 saturated heterocycles. The van der Waals surface area contributed by atoms with Gasteiger partial charge in [0.25, 0.3) is 0 Å². The molecule has 11 aromatic rings. The maximum Gasteiger partial charge on any atom is 0.145 e. The number of aromatic nitrogens is 7. The van der Waals surface area contributed by atoms with Crippen LogP contribution >= 0.6 is 0 Å². The average Bonchev–Trinajstić information content (AvgIpc) is 3.99. The van der Waals surface area contributed by atoms with Crippen LogP contribution in [0.25, 0.3) is 95.5 Å². The van der Waals surface area contributed by atoms with Crippen LogP contribution in [0.15, 0.2) is 200 Å². The largest absolute Gasteiger partial charge is 0.292 e. The summed E-state index contributed by atoms with van der Waals surface area (Å²) in [6, 6.07) is 65.4. The molecule has 57 heavy (non-hydrogen) atoms. The van der Waals surface area contributed by atoms with Crippen LogP contribution in [0.3, 0.4) is 0 Å². The van der Waals surface area contributed by atoms with Crippen molar-refractivity contribution in [1.82, 2.24) is 33.6 Å². The zero-order chi connectivity index (χ0) is 37.7. The van der Waals surface area contributed by atoms with Gasteiger partial charge in [0.2, 0.25) is 0 Å². The molecule has 0 aliphatic heterocycles. The SMILES string of the molecule is c1ccc(-c2nc3ccccc3n2-c2cc(-c3ccccc3-n3c(-c4ccncc4)nc4ccccc43)cc(-n3c(-c4ccccc4)nc4ccccc43)c2)cc1. The molecule has 0 atom stereocenters. The minimum atomic E-state index is 0.848. The zero-order valence-corrected chi connectivity index (χ0v) is 30.7. The molecular formula is C50H33N7. The summed E-state index contributed by atoms with van der Waals surface area (Å²) in [4.78, 5) is 20.0. The summed E-state index contributed by atoms with van der Waals surface area (Å²) in [6.07, 6.45) is 3.64. The molecular weight excluding hydrogens is 699 g/mol. The van der Waals surface area contributed by atoms with Crippen LogP contribution in [-0.4, -0.2) is 33.6 Å². The van der Waals surface area contributed by atoms with E-state index in [1.165, 1.54) is 0 Å². The predicted octanol–water partition coefficient (Wildman–Crippen LogP) is 11.8. The van der Waals surface area contributed by atoms with Crippen molar-refractivity contribution in [3.63, 3.8) is 0 Å². The number of benzene rings is 7. The van der Waals surface area contributed by atoms with Gasteiger partial charge in [0.1, 0.15) is 17.5 Å². The smallest absolute Gasteiger partial charge is 0.145 e. The van der Waals surface area contributed by atoms with E-state index in [1.54, 1.807) is 0 Å². The van der Waals surface area contributed by atoms with Crippen molar-refractivity contribution in [1.29, 1.82) is 0 Å². The Bertz CT molecular complexity index is 3100. The van der Waals surface area contributed by atoms with Gasteiger partial charge >= 0.3 is 0 Å². The first-order valence-electron chi connectivity index (χ1n) is 19.0. The van der Waals surface area contributed by atoms with Crippen molar-refractivity contribution in [3.8, 4) is 62.4 Å². The molecule has 4 aromatic heterocycles. The van der Waals surface area contributed by atoms with E-state index in [4.69, 9.17) is 15.0 Å². The lowest BCUT2D eigenvalue weighted by atomic mass is 10.0. The average molecular weight is 732 g/mol. The van der Waals surface area contributed by atoms with Crippen LogP contribution < -0.4 is 0 Å². The molecule has 0 aliphatic carbocycles. The van der Waals surface area contributed by atoms with Crippen molar-refractivity contribution in [2.75, 3.05) is 0 Å². The van der Waals surface area contributed by atoms with E-state index in [1.807, 2.05) is 54.9 Å². The molecule has 268 valence electrons. The molecule has 0 spiro atoms. The van der Waals surface area contributed by atoms with E-state index in [0.717, 1.165) is 95.5 Å². The molecule has 7 heteroatoms. The van der Waals surface area contributed by atoms with Gasteiger partial charge in [0.15, 0.2) is 0 Å². The lowest BCUT2D eigenvalue weighted by Gasteiger charge is -2.19. The Morgan fingerprint density at radius 2 is 0.719 bits per heavy atom. The van der Waals surface area contributed by atoms with Crippen molar-refractivity contribution in [3.05, 3.63) is 200 Å². The standard InChI is InChI=1S/C50H33N7/c1-3-15-34(16-4-1)48-52-41-20-8-12-24-45(41)55(48)38-31-37(32-39(33-38)56-46-25-13-9-21-42(46)53-49(56)35-17-5-2-6-18-35)40-19-7-11-23-44(40)57-47-26-14-10-22-43(47)54-50(57)36-27-29-51-30-28-36/h1-33H. The van der Waals surface area contributed by atoms with Crippen molar-refractivity contribution < 1.29 is 0 Å². The van der Waals surface area contributed by atoms with Gasteiger partial charge < -0.3 is 0 Å². The van der Waals surface area contributed by atoms with E-state index in [2.05, 4.69) is 164 Å². The number of nitrogens with zero attached hydrogens (tertiary/aromatic N) is 7. The van der Waals surface area contributed by atoms with Crippen LogP contribution in [0.2, 0.25) is 0 Å². The highest BCUT2D eigenvalue weighted by atomic mass is 15.1. The van der Waals surface area contributed by atoms with E-state index >= 15 is 0 Å². The van der Waals surface area contributed by atoms with E-state index in [-0.39, 0.29) is 0 Å². The van der Waals surface area contributed by atoms with E-state index in [0.29, 0.717) is 0 Å². The van der Waals surface area contributed by atoms with Gasteiger partial charge in [-0.3, -0.25) is 18.7 Å². The van der Waals surface area contributed by atoms with Gasteiger partial charge in [-0.1, -0.05) is 115 Å². The summed E-state index contributed by atoms with van der Waals surface area (Å²) in [5.74, 6) is 2.58. The minimum absolute atomic E-state index is 0.848. The Labute approximate surface area is 328 Å². The van der Waals surface area contributed by atoms with Gasteiger partial charge in [-0.25, -0.2) is 15.0 Å². The lowest BCUT2D eigenvalue weighted by Crippen LogP contribution is -2.04. The summed E-state index contributed by atoms with van der Waals surface area (Å²) in [5, 5.41) is 0. The summed E-state index contributed by atoms with van der Waals surface area (Å²) in [5.41, 5.74) is 13.9. The van der Waals surface area contributed by atoms with Crippen LogP contribution in [0.4, 0.5) is 0 Å². The predicted molar refractivity (Wildman–Crippen MR) is 230 cm³/mol. The summed E-state index contributed by atoms with van der Waals surface area (Å²) in [6.45, 7) is 0. The summed E-state index contributed by atoms with van der Waals surface area (Å²) < 4.78 is 6.85. The Morgan fingerprint density at radius 3 is 1.25 bits per heavy atom. The fraction of sp³-hybridized carbons (Fsp3) is 0. The number of hydrogen-bond acceptors (Lipinski definition) is 4. The van der Waals surface area contributed by atoms with Crippen molar-refractivity contribution in [2.45, 2.75) is 0 Å². The molecule has 0 saturated carbocycles. The molecule has 7 nitrogen and oxygen atoms in total. The Balaban J connectivity index is 1.24. The minimum Gasteiger partial charge on any atom is -0.292 e. The first-order valence-corrected chi connectivity index (χ1v) is 19.0. The topological polar surface area (TPSA) is 66.3 Å². The third kappa shape index (κ3) is 5.52. The molecule has 0 N–H and O–H groups in total. The summed E-state index contributed by atoms with van der Waals surface area (Å²) in [7, 11) is 0. The number of rotatable bonds is 7. The molecule has 0 aliphatic rings. The molecule has 7 aromatic carbocycles. The summed E-state index contributed by atoms with van der Waals surface area (Å²) >= 11 is 0. The van der Waals surface area contributed by atoms with Gasteiger partial charge in [0.05, 0.1) is 50.2 Å². The second kappa shape index (κ2) is 13.4.